The molecule has 3 heteroatoms. The maximum atomic E-state index is 5.79. The van der Waals surface area contributed by atoms with Crippen molar-refractivity contribution >= 4 is 0 Å². The van der Waals surface area contributed by atoms with Gasteiger partial charge >= 0.3 is 0 Å². The molecule has 0 unspecified atom stereocenters. The summed E-state index contributed by atoms with van der Waals surface area (Å²) in [4.78, 5) is 8.22. The maximum Gasteiger partial charge on any atom is 0.113 e. The number of hydrogen-bond donors (Lipinski definition) is 2. The Kier molecular flexibility index (Phi) is 3.06. The van der Waals surface area contributed by atoms with E-state index in [2.05, 4.69) is 25.8 Å². The van der Waals surface area contributed by atoms with E-state index in [0.29, 0.717) is 12.5 Å². The molecule has 0 bridgehead atoms. The van der Waals surface area contributed by atoms with Crippen LogP contribution in [0.4, 0.5) is 0 Å². The van der Waals surface area contributed by atoms with Crippen LogP contribution >= 0.6 is 0 Å². The molecule has 90 valence electrons. The molecular weight excluding hydrogens is 198 g/mol. The van der Waals surface area contributed by atoms with Crippen LogP contribution in [0, 0.1) is 6.92 Å². The number of H-pyrrole nitrogens is 1. The fraction of sp³-hybridized carbons (Fsp3) is 0.769. The molecule has 0 radical (unpaired) electrons. The van der Waals surface area contributed by atoms with Gasteiger partial charge in [-0.2, -0.15) is 0 Å². The lowest BCUT2D eigenvalue weighted by atomic mass is 9.93. The lowest BCUT2D eigenvalue weighted by Gasteiger charge is -2.19. The summed E-state index contributed by atoms with van der Waals surface area (Å²) in [6, 6.07) is 0. The Hall–Kier alpha value is -0.830. The summed E-state index contributed by atoms with van der Waals surface area (Å²) in [5, 5.41) is 0. The zero-order valence-corrected chi connectivity index (χ0v) is 10.6. The Balaban J connectivity index is 2.27. The molecule has 2 rings (SSSR count). The number of rotatable bonds is 3. The molecule has 3 N–H and O–H groups in total. The average Bonchev–Trinajstić information content (AvgIpc) is 2.86. The molecule has 1 aromatic rings. The summed E-state index contributed by atoms with van der Waals surface area (Å²) < 4.78 is 0. The molecule has 1 fully saturated rings. The minimum atomic E-state index is -0.0401. The van der Waals surface area contributed by atoms with E-state index >= 15 is 0 Å². The van der Waals surface area contributed by atoms with Gasteiger partial charge in [0.2, 0.25) is 0 Å². The van der Waals surface area contributed by atoms with E-state index in [0.717, 1.165) is 5.82 Å². The largest absolute Gasteiger partial charge is 0.345 e. The lowest BCUT2D eigenvalue weighted by Crippen LogP contribution is -2.29. The molecule has 1 heterocycles. The monoisotopic (exact) mass is 221 g/mol. The summed E-state index contributed by atoms with van der Waals surface area (Å²) in [6.45, 7) is 7.05. The first kappa shape index (κ1) is 11.6. The van der Waals surface area contributed by atoms with E-state index in [9.17, 15) is 0 Å². The highest BCUT2D eigenvalue weighted by molar-refractivity contribution is 5.22. The second-order valence-electron chi connectivity index (χ2n) is 5.67. The maximum absolute atomic E-state index is 5.79. The van der Waals surface area contributed by atoms with Gasteiger partial charge in [0.15, 0.2) is 0 Å². The van der Waals surface area contributed by atoms with Crippen molar-refractivity contribution in [2.75, 3.05) is 6.54 Å². The van der Waals surface area contributed by atoms with Gasteiger partial charge in [0.1, 0.15) is 5.82 Å². The zero-order chi connectivity index (χ0) is 11.8. The number of nitrogens with zero attached hydrogens (tertiary/aromatic N) is 1. The summed E-state index contributed by atoms with van der Waals surface area (Å²) >= 11 is 0. The van der Waals surface area contributed by atoms with E-state index in [1.165, 1.54) is 37.1 Å². The van der Waals surface area contributed by atoms with Gasteiger partial charge in [0, 0.05) is 23.6 Å². The first-order chi connectivity index (χ1) is 7.54. The molecule has 16 heavy (non-hydrogen) atoms. The third-order valence-corrected chi connectivity index (χ3v) is 3.82. The van der Waals surface area contributed by atoms with Crippen LogP contribution < -0.4 is 5.73 Å². The van der Waals surface area contributed by atoms with Crippen LogP contribution in [0.25, 0.3) is 0 Å². The molecular formula is C13H23N3. The quantitative estimate of drug-likeness (QED) is 0.824. The van der Waals surface area contributed by atoms with Crippen molar-refractivity contribution in [2.45, 2.75) is 57.8 Å². The molecule has 1 aromatic heterocycles. The smallest absolute Gasteiger partial charge is 0.113 e. The Bertz CT molecular complexity index is 359. The Morgan fingerprint density at radius 2 is 2.00 bits per heavy atom. The van der Waals surface area contributed by atoms with Crippen LogP contribution in [0.15, 0.2) is 0 Å². The molecule has 0 saturated heterocycles. The minimum absolute atomic E-state index is 0.0401. The van der Waals surface area contributed by atoms with E-state index in [4.69, 9.17) is 10.7 Å². The zero-order valence-electron chi connectivity index (χ0n) is 10.6. The highest BCUT2D eigenvalue weighted by atomic mass is 15.0. The second kappa shape index (κ2) is 4.21. The van der Waals surface area contributed by atoms with E-state index in [1.807, 2.05) is 0 Å². The van der Waals surface area contributed by atoms with Crippen LogP contribution in [0.3, 0.4) is 0 Å². The van der Waals surface area contributed by atoms with Crippen molar-refractivity contribution in [2.24, 2.45) is 5.73 Å². The topological polar surface area (TPSA) is 54.7 Å². The fourth-order valence-electron chi connectivity index (χ4n) is 2.49. The highest BCUT2D eigenvalue weighted by Crippen LogP contribution is 2.35. The van der Waals surface area contributed by atoms with Gasteiger partial charge in [-0.15, -0.1) is 0 Å². The predicted octanol–water partition coefficient (Wildman–Crippen LogP) is 2.61. The number of nitrogens with two attached hydrogens (primary N) is 1. The highest BCUT2D eigenvalue weighted by Gasteiger charge is 2.27. The minimum Gasteiger partial charge on any atom is -0.345 e. The average molecular weight is 221 g/mol. The fourth-order valence-corrected chi connectivity index (χ4v) is 2.49. The number of hydrogen-bond acceptors (Lipinski definition) is 2. The van der Waals surface area contributed by atoms with Gasteiger partial charge in [0.25, 0.3) is 0 Å². The standard InChI is InChI=1S/C13H23N3/c1-9-11(10-6-4-5-7-10)16-12(15-9)13(2,3)8-14/h10H,4-8,14H2,1-3H3,(H,15,16). The Morgan fingerprint density at radius 1 is 1.38 bits per heavy atom. The SMILES string of the molecule is Cc1[nH]c(C(C)(C)CN)nc1C1CCCC1. The van der Waals surface area contributed by atoms with E-state index in [-0.39, 0.29) is 5.41 Å². The normalized spacial score (nSPS) is 18.2. The van der Waals surface area contributed by atoms with Crippen molar-refractivity contribution in [1.82, 2.24) is 9.97 Å². The van der Waals surface area contributed by atoms with Gasteiger partial charge in [-0.05, 0) is 19.8 Å². The summed E-state index contributed by atoms with van der Waals surface area (Å²) in [7, 11) is 0. The van der Waals surface area contributed by atoms with Crippen molar-refractivity contribution < 1.29 is 0 Å². The van der Waals surface area contributed by atoms with Gasteiger partial charge in [-0.25, -0.2) is 4.98 Å². The summed E-state index contributed by atoms with van der Waals surface area (Å²) in [5.41, 5.74) is 8.28. The molecule has 0 aliphatic heterocycles. The van der Waals surface area contributed by atoms with Crippen molar-refractivity contribution in [3.63, 3.8) is 0 Å². The Morgan fingerprint density at radius 3 is 2.56 bits per heavy atom. The van der Waals surface area contributed by atoms with Gasteiger partial charge < -0.3 is 10.7 Å². The number of aryl methyl sites for hydroxylation is 1. The summed E-state index contributed by atoms with van der Waals surface area (Å²) in [6.07, 6.45) is 5.31. The van der Waals surface area contributed by atoms with Crippen LogP contribution in [-0.4, -0.2) is 16.5 Å². The van der Waals surface area contributed by atoms with Crippen LogP contribution in [0.1, 0.15) is 62.7 Å². The molecule has 0 amide bonds. The molecule has 1 aliphatic carbocycles. The van der Waals surface area contributed by atoms with Crippen LogP contribution in [0.2, 0.25) is 0 Å². The van der Waals surface area contributed by atoms with E-state index < -0.39 is 0 Å². The summed E-state index contributed by atoms with van der Waals surface area (Å²) in [5.74, 6) is 1.73. The van der Waals surface area contributed by atoms with Crippen molar-refractivity contribution in [1.29, 1.82) is 0 Å². The first-order valence-corrected chi connectivity index (χ1v) is 6.31. The molecule has 0 spiro atoms. The molecule has 1 aliphatic rings. The van der Waals surface area contributed by atoms with Gasteiger partial charge in [-0.1, -0.05) is 26.7 Å². The molecule has 0 atom stereocenters. The van der Waals surface area contributed by atoms with Crippen molar-refractivity contribution in [3.8, 4) is 0 Å². The third-order valence-electron chi connectivity index (χ3n) is 3.82. The third kappa shape index (κ3) is 2.01. The Labute approximate surface area is 97.8 Å². The first-order valence-electron chi connectivity index (χ1n) is 6.31. The van der Waals surface area contributed by atoms with Crippen LogP contribution in [-0.2, 0) is 5.41 Å². The van der Waals surface area contributed by atoms with Crippen LogP contribution in [0.5, 0.6) is 0 Å². The molecule has 0 aromatic carbocycles. The van der Waals surface area contributed by atoms with Crippen molar-refractivity contribution in [3.05, 3.63) is 17.2 Å². The number of nitrogens with one attached hydrogen (secondary N) is 1. The predicted molar refractivity (Wildman–Crippen MR) is 66.6 cm³/mol. The molecule has 3 nitrogen and oxygen atoms in total. The van der Waals surface area contributed by atoms with Gasteiger partial charge in [-0.3, -0.25) is 0 Å². The molecule has 1 saturated carbocycles. The lowest BCUT2D eigenvalue weighted by molar-refractivity contribution is 0.505. The number of imidazole rings is 1. The number of aromatic amines is 1. The van der Waals surface area contributed by atoms with E-state index in [1.54, 1.807) is 0 Å². The second-order valence-corrected chi connectivity index (χ2v) is 5.67. The number of aromatic nitrogens is 2. The van der Waals surface area contributed by atoms with Gasteiger partial charge in [0.05, 0.1) is 5.69 Å².